The highest BCUT2D eigenvalue weighted by Gasteiger charge is 2.20. The molecule has 0 saturated heterocycles. The fourth-order valence-corrected chi connectivity index (χ4v) is 2.47. The van der Waals surface area contributed by atoms with Crippen LogP contribution in [0.4, 0.5) is 4.79 Å². The SMILES string of the molecule is C=CCN(CC1CCCCC1)C(=O)CNC(=O)NC. The van der Waals surface area contributed by atoms with Crippen LogP contribution < -0.4 is 10.6 Å². The van der Waals surface area contributed by atoms with Crippen molar-refractivity contribution >= 4 is 11.9 Å². The number of hydrogen-bond acceptors (Lipinski definition) is 2. The number of carbonyl (C=O) groups excluding carboxylic acids is 2. The molecular weight excluding hydrogens is 242 g/mol. The molecule has 3 amide bonds. The van der Waals surface area contributed by atoms with E-state index >= 15 is 0 Å². The van der Waals surface area contributed by atoms with E-state index in [1.54, 1.807) is 11.0 Å². The van der Waals surface area contributed by atoms with Gasteiger partial charge in [0.2, 0.25) is 5.91 Å². The summed E-state index contributed by atoms with van der Waals surface area (Å²) in [6.45, 7) is 5.06. The molecule has 5 heteroatoms. The molecule has 0 spiro atoms. The summed E-state index contributed by atoms with van der Waals surface area (Å²) in [7, 11) is 1.53. The lowest BCUT2D eigenvalue weighted by Gasteiger charge is -2.29. The molecule has 0 radical (unpaired) electrons. The van der Waals surface area contributed by atoms with E-state index in [-0.39, 0.29) is 18.5 Å². The van der Waals surface area contributed by atoms with Crippen molar-refractivity contribution in [2.24, 2.45) is 5.92 Å². The fraction of sp³-hybridized carbons (Fsp3) is 0.714. The Bertz CT molecular complexity index is 312. The Morgan fingerprint density at radius 2 is 2.00 bits per heavy atom. The summed E-state index contributed by atoms with van der Waals surface area (Å²) < 4.78 is 0. The van der Waals surface area contributed by atoms with Crippen LogP contribution in [0.5, 0.6) is 0 Å². The molecule has 1 rings (SSSR count). The van der Waals surface area contributed by atoms with Crippen LogP contribution in [0.3, 0.4) is 0 Å². The molecule has 1 aliphatic carbocycles. The fourth-order valence-electron chi connectivity index (χ4n) is 2.47. The van der Waals surface area contributed by atoms with Gasteiger partial charge in [0.1, 0.15) is 0 Å². The lowest BCUT2D eigenvalue weighted by atomic mass is 9.89. The second-order valence-corrected chi connectivity index (χ2v) is 5.02. The Labute approximate surface area is 115 Å². The van der Waals surface area contributed by atoms with Gasteiger partial charge in [-0.05, 0) is 18.8 Å². The molecule has 0 heterocycles. The van der Waals surface area contributed by atoms with Crippen LogP contribution in [0, 0.1) is 5.92 Å². The summed E-state index contributed by atoms with van der Waals surface area (Å²) >= 11 is 0. The molecule has 0 atom stereocenters. The highest BCUT2D eigenvalue weighted by molar-refractivity contribution is 5.83. The highest BCUT2D eigenvalue weighted by Crippen LogP contribution is 2.24. The lowest BCUT2D eigenvalue weighted by molar-refractivity contribution is -0.130. The van der Waals surface area contributed by atoms with Gasteiger partial charge in [-0.15, -0.1) is 6.58 Å². The first kappa shape index (κ1) is 15.5. The van der Waals surface area contributed by atoms with Crippen molar-refractivity contribution in [3.63, 3.8) is 0 Å². The Kier molecular flexibility index (Phi) is 7.00. The van der Waals surface area contributed by atoms with Crippen LogP contribution >= 0.6 is 0 Å². The Hall–Kier alpha value is -1.52. The zero-order valence-electron chi connectivity index (χ0n) is 11.8. The largest absolute Gasteiger partial charge is 0.341 e. The number of nitrogens with one attached hydrogen (secondary N) is 2. The molecule has 1 saturated carbocycles. The zero-order valence-corrected chi connectivity index (χ0v) is 11.8. The van der Waals surface area contributed by atoms with Gasteiger partial charge in [-0.2, -0.15) is 0 Å². The molecule has 0 aliphatic heterocycles. The molecular formula is C14H25N3O2. The van der Waals surface area contributed by atoms with Crippen molar-refractivity contribution in [2.75, 3.05) is 26.7 Å². The second-order valence-electron chi connectivity index (χ2n) is 5.02. The summed E-state index contributed by atoms with van der Waals surface area (Å²) in [5, 5.41) is 4.96. The minimum atomic E-state index is -0.329. The first-order valence-corrected chi connectivity index (χ1v) is 7.01. The Morgan fingerprint density at radius 3 is 2.58 bits per heavy atom. The van der Waals surface area contributed by atoms with Gasteiger partial charge in [-0.1, -0.05) is 25.3 Å². The van der Waals surface area contributed by atoms with Crippen molar-refractivity contribution in [3.05, 3.63) is 12.7 Å². The Balaban J connectivity index is 2.42. The number of hydrogen-bond donors (Lipinski definition) is 2. The van der Waals surface area contributed by atoms with Gasteiger partial charge >= 0.3 is 6.03 Å². The predicted molar refractivity (Wildman–Crippen MR) is 75.8 cm³/mol. The minimum absolute atomic E-state index is 0.0419. The van der Waals surface area contributed by atoms with Gasteiger partial charge in [0, 0.05) is 20.1 Å². The normalized spacial score (nSPS) is 15.6. The van der Waals surface area contributed by atoms with E-state index < -0.39 is 0 Å². The lowest BCUT2D eigenvalue weighted by Crippen LogP contribution is -2.44. The topological polar surface area (TPSA) is 61.4 Å². The standard InChI is InChI=1S/C14H25N3O2/c1-3-9-17(11-12-7-5-4-6-8-12)13(18)10-16-14(19)15-2/h3,12H,1,4-11H2,2H3,(H2,15,16,19). The Morgan fingerprint density at radius 1 is 1.32 bits per heavy atom. The van der Waals surface area contributed by atoms with Crippen molar-refractivity contribution in [2.45, 2.75) is 32.1 Å². The van der Waals surface area contributed by atoms with E-state index in [0.29, 0.717) is 12.5 Å². The minimum Gasteiger partial charge on any atom is -0.341 e. The van der Waals surface area contributed by atoms with Crippen LogP contribution in [-0.4, -0.2) is 43.5 Å². The van der Waals surface area contributed by atoms with Crippen LogP contribution in [0.25, 0.3) is 0 Å². The van der Waals surface area contributed by atoms with Crippen LogP contribution in [-0.2, 0) is 4.79 Å². The molecule has 0 aromatic carbocycles. The van der Waals surface area contributed by atoms with E-state index in [1.807, 2.05) is 0 Å². The van der Waals surface area contributed by atoms with E-state index in [9.17, 15) is 9.59 Å². The zero-order chi connectivity index (χ0) is 14.1. The van der Waals surface area contributed by atoms with Crippen molar-refractivity contribution in [1.82, 2.24) is 15.5 Å². The van der Waals surface area contributed by atoms with E-state index in [4.69, 9.17) is 0 Å². The maximum absolute atomic E-state index is 12.1. The molecule has 1 aliphatic rings. The van der Waals surface area contributed by atoms with Gasteiger partial charge in [0.25, 0.3) is 0 Å². The van der Waals surface area contributed by atoms with Crippen LogP contribution in [0.1, 0.15) is 32.1 Å². The average Bonchev–Trinajstić information content (AvgIpc) is 2.45. The van der Waals surface area contributed by atoms with Crippen molar-refractivity contribution in [3.8, 4) is 0 Å². The van der Waals surface area contributed by atoms with Crippen LogP contribution in [0.15, 0.2) is 12.7 Å². The number of nitrogens with zero attached hydrogens (tertiary/aromatic N) is 1. The third-order valence-electron chi connectivity index (χ3n) is 3.53. The number of carbonyl (C=O) groups is 2. The summed E-state index contributed by atoms with van der Waals surface area (Å²) in [5.74, 6) is 0.548. The maximum atomic E-state index is 12.1. The highest BCUT2D eigenvalue weighted by atomic mass is 16.2. The molecule has 0 unspecified atom stereocenters. The quantitative estimate of drug-likeness (QED) is 0.717. The monoisotopic (exact) mass is 267 g/mol. The molecule has 108 valence electrons. The molecule has 0 aromatic heterocycles. The van der Waals surface area contributed by atoms with Gasteiger partial charge in [-0.25, -0.2) is 4.79 Å². The van der Waals surface area contributed by atoms with Gasteiger partial charge in [0.05, 0.1) is 6.54 Å². The van der Waals surface area contributed by atoms with Crippen molar-refractivity contribution < 1.29 is 9.59 Å². The first-order valence-electron chi connectivity index (χ1n) is 7.01. The first-order chi connectivity index (χ1) is 9.17. The van der Waals surface area contributed by atoms with Gasteiger partial charge < -0.3 is 15.5 Å². The molecule has 0 bridgehead atoms. The second kappa shape index (κ2) is 8.56. The van der Waals surface area contributed by atoms with E-state index in [2.05, 4.69) is 17.2 Å². The molecule has 0 aromatic rings. The van der Waals surface area contributed by atoms with Gasteiger partial charge in [-0.3, -0.25) is 4.79 Å². The summed E-state index contributed by atoms with van der Waals surface area (Å²) in [6.07, 6.45) is 7.97. The molecule has 5 nitrogen and oxygen atoms in total. The summed E-state index contributed by atoms with van der Waals surface area (Å²) in [5.41, 5.74) is 0. The van der Waals surface area contributed by atoms with Crippen LogP contribution in [0.2, 0.25) is 0 Å². The van der Waals surface area contributed by atoms with Gasteiger partial charge in [0.15, 0.2) is 0 Å². The summed E-state index contributed by atoms with van der Waals surface area (Å²) in [4.78, 5) is 24.9. The van der Waals surface area contributed by atoms with Crippen molar-refractivity contribution in [1.29, 1.82) is 0 Å². The molecule has 19 heavy (non-hydrogen) atoms. The number of amides is 3. The predicted octanol–water partition coefficient (Wildman–Crippen LogP) is 1.51. The smallest absolute Gasteiger partial charge is 0.314 e. The number of urea groups is 1. The number of rotatable bonds is 6. The average molecular weight is 267 g/mol. The third-order valence-corrected chi connectivity index (χ3v) is 3.53. The van der Waals surface area contributed by atoms with E-state index in [0.717, 1.165) is 6.54 Å². The summed E-state index contributed by atoms with van der Waals surface area (Å²) in [6, 6.07) is -0.329. The molecule has 2 N–H and O–H groups in total. The third kappa shape index (κ3) is 5.77. The maximum Gasteiger partial charge on any atom is 0.314 e. The van der Waals surface area contributed by atoms with E-state index in [1.165, 1.54) is 39.2 Å². The molecule has 1 fully saturated rings.